The first-order valence-corrected chi connectivity index (χ1v) is 7.33. The number of rotatable bonds is 5. The van der Waals surface area contributed by atoms with Gasteiger partial charge in [-0.1, -0.05) is 24.3 Å². The van der Waals surface area contributed by atoms with Crippen molar-refractivity contribution in [2.45, 2.75) is 6.42 Å². The molecule has 0 fully saturated rings. The second kappa shape index (κ2) is 5.88. The van der Waals surface area contributed by atoms with Gasteiger partial charge in [-0.25, -0.2) is 0 Å². The van der Waals surface area contributed by atoms with Crippen molar-refractivity contribution in [3.05, 3.63) is 64.2 Å². The molecule has 3 aromatic rings. The Hall–Kier alpha value is -2.47. The maximum atomic E-state index is 10.6. The van der Waals surface area contributed by atoms with Crippen molar-refractivity contribution in [1.82, 2.24) is 4.37 Å². The summed E-state index contributed by atoms with van der Waals surface area (Å²) < 4.78 is 4.38. The summed E-state index contributed by atoms with van der Waals surface area (Å²) in [5, 5.41) is 16.2. The molecule has 0 radical (unpaired) electrons. The molecule has 0 aliphatic carbocycles. The molecule has 1 aromatic heterocycles. The van der Waals surface area contributed by atoms with Crippen molar-refractivity contribution < 1.29 is 4.92 Å². The molecular formula is C15H13N3O2S. The summed E-state index contributed by atoms with van der Waals surface area (Å²) in [4.78, 5) is 10.2. The van der Waals surface area contributed by atoms with Crippen molar-refractivity contribution in [3.63, 3.8) is 0 Å². The van der Waals surface area contributed by atoms with E-state index in [0.717, 1.165) is 34.4 Å². The van der Waals surface area contributed by atoms with Crippen LogP contribution >= 0.6 is 11.5 Å². The van der Waals surface area contributed by atoms with Crippen molar-refractivity contribution in [2.75, 3.05) is 11.9 Å². The first-order chi connectivity index (χ1) is 10.2. The van der Waals surface area contributed by atoms with Gasteiger partial charge >= 0.3 is 0 Å². The SMILES string of the molecule is O=[N+]([O-])c1ccc(CCNc2snc3ccccc23)cc1. The van der Waals surface area contributed by atoms with E-state index in [9.17, 15) is 10.1 Å². The predicted octanol–water partition coefficient (Wildman–Crippen LogP) is 3.86. The van der Waals surface area contributed by atoms with Crippen LogP contribution in [0.4, 0.5) is 10.7 Å². The predicted molar refractivity (Wildman–Crippen MR) is 84.9 cm³/mol. The summed E-state index contributed by atoms with van der Waals surface area (Å²) in [6.45, 7) is 0.768. The molecule has 0 aliphatic rings. The van der Waals surface area contributed by atoms with Gasteiger partial charge in [-0.05, 0) is 35.6 Å². The van der Waals surface area contributed by atoms with Crippen molar-refractivity contribution in [1.29, 1.82) is 0 Å². The summed E-state index contributed by atoms with van der Waals surface area (Å²) in [5.41, 5.74) is 2.20. The van der Waals surface area contributed by atoms with Crippen LogP contribution in [0.25, 0.3) is 10.9 Å². The number of anilines is 1. The maximum Gasteiger partial charge on any atom is 0.269 e. The molecule has 6 heteroatoms. The number of hydrogen-bond acceptors (Lipinski definition) is 5. The highest BCUT2D eigenvalue weighted by atomic mass is 32.1. The molecule has 1 N–H and O–H groups in total. The molecule has 0 spiro atoms. The zero-order chi connectivity index (χ0) is 14.7. The highest BCUT2D eigenvalue weighted by Gasteiger charge is 2.06. The minimum Gasteiger partial charge on any atom is -0.375 e. The molecule has 0 unspecified atom stereocenters. The average Bonchev–Trinajstić information content (AvgIpc) is 2.91. The maximum absolute atomic E-state index is 10.6. The van der Waals surface area contributed by atoms with Crippen molar-refractivity contribution >= 4 is 33.1 Å². The van der Waals surface area contributed by atoms with E-state index in [0.29, 0.717) is 0 Å². The first-order valence-electron chi connectivity index (χ1n) is 6.55. The Morgan fingerprint density at radius 2 is 1.90 bits per heavy atom. The Labute approximate surface area is 125 Å². The van der Waals surface area contributed by atoms with Gasteiger partial charge in [0.1, 0.15) is 5.00 Å². The van der Waals surface area contributed by atoms with E-state index >= 15 is 0 Å². The molecule has 5 nitrogen and oxygen atoms in total. The summed E-state index contributed by atoms with van der Waals surface area (Å²) >= 11 is 1.45. The molecule has 106 valence electrons. The van der Waals surface area contributed by atoms with E-state index in [2.05, 4.69) is 9.69 Å². The van der Waals surface area contributed by atoms with Crippen LogP contribution < -0.4 is 5.32 Å². The Balaban J connectivity index is 1.62. The van der Waals surface area contributed by atoms with E-state index in [-0.39, 0.29) is 10.6 Å². The van der Waals surface area contributed by atoms with Crippen LogP contribution in [-0.4, -0.2) is 15.8 Å². The lowest BCUT2D eigenvalue weighted by molar-refractivity contribution is -0.384. The van der Waals surface area contributed by atoms with E-state index in [1.54, 1.807) is 12.1 Å². The number of hydrogen-bond donors (Lipinski definition) is 1. The monoisotopic (exact) mass is 299 g/mol. The smallest absolute Gasteiger partial charge is 0.269 e. The van der Waals surface area contributed by atoms with Crippen molar-refractivity contribution in [2.24, 2.45) is 0 Å². The molecule has 0 atom stereocenters. The number of nitrogens with one attached hydrogen (secondary N) is 1. The molecule has 0 amide bonds. The molecule has 0 bridgehead atoms. The quantitative estimate of drug-likeness (QED) is 0.574. The number of benzene rings is 2. The Morgan fingerprint density at radius 3 is 2.67 bits per heavy atom. The number of fused-ring (bicyclic) bond motifs is 1. The highest BCUT2D eigenvalue weighted by Crippen LogP contribution is 2.27. The van der Waals surface area contributed by atoms with Crippen LogP contribution in [-0.2, 0) is 6.42 Å². The molecular weight excluding hydrogens is 286 g/mol. The van der Waals surface area contributed by atoms with Gasteiger partial charge in [-0.2, -0.15) is 4.37 Å². The summed E-state index contributed by atoms with van der Waals surface area (Å²) in [5.74, 6) is 0. The Bertz CT molecular complexity index is 768. The van der Waals surface area contributed by atoms with Crippen molar-refractivity contribution in [3.8, 4) is 0 Å². The second-order valence-corrected chi connectivity index (χ2v) is 5.40. The fourth-order valence-electron chi connectivity index (χ4n) is 2.12. The minimum absolute atomic E-state index is 0.125. The molecule has 2 aromatic carbocycles. The second-order valence-electron chi connectivity index (χ2n) is 4.63. The van der Waals surface area contributed by atoms with Gasteiger partial charge in [0.2, 0.25) is 0 Å². The van der Waals surface area contributed by atoms with Crippen LogP contribution in [0.3, 0.4) is 0 Å². The zero-order valence-corrected chi connectivity index (χ0v) is 12.0. The number of aromatic nitrogens is 1. The lowest BCUT2D eigenvalue weighted by atomic mass is 10.1. The van der Waals surface area contributed by atoms with Crippen LogP contribution in [0.5, 0.6) is 0 Å². The third-order valence-corrected chi connectivity index (χ3v) is 4.07. The standard InChI is InChI=1S/C15H13N3O2S/c19-18(20)12-7-5-11(6-8-12)9-10-16-15-13-3-1-2-4-14(13)17-21-15/h1-8,16H,9-10H2. The van der Waals surface area contributed by atoms with Gasteiger partial charge in [0.05, 0.1) is 10.4 Å². The topological polar surface area (TPSA) is 68.1 Å². The summed E-state index contributed by atoms with van der Waals surface area (Å²) in [6, 6.07) is 14.7. The number of nitro benzene ring substituents is 1. The lowest BCUT2D eigenvalue weighted by Crippen LogP contribution is -2.03. The summed E-state index contributed by atoms with van der Waals surface area (Å²) in [7, 11) is 0. The first kappa shape index (κ1) is 13.5. The van der Waals surface area contributed by atoms with Crippen LogP contribution in [0.15, 0.2) is 48.5 Å². The van der Waals surface area contributed by atoms with E-state index in [1.807, 2.05) is 24.3 Å². The van der Waals surface area contributed by atoms with E-state index in [1.165, 1.54) is 23.7 Å². The molecule has 21 heavy (non-hydrogen) atoms. The van der Waals surface area contributed by atoms with Crippen LogP contribution in [0.1, 0.15) is 5.56 Å². The van der Waals surface area contributed by atoms with Crippen LogP contribution in [0, 0.1) is 10.1 Å². The normalized spacial score (nSPS) is 10.7. The molecule has 0 aliphatic heterocycles. The van der Waals surface area contributed by atoms with Gasteiger partial charge < -0.3 is 5.32 Å². The van der Waals surface area contributed by atoms with Gasteiger partial charge in [0, 0.05) is 24.1 Å². The Kier molecular flexibility index (Phi) is 3.79. The Morgan fingerprint density at radius 1 is 1.14 bits per heavy atom. The lowest BCUT2D eigenvalue weighted by Gasteiger charge is -2.04. The zero-order valence-electron chi connectivity index (χ0n) is 11.2. The molecule has 3 rings (SSSR count). The number of non-ortho nitro benzene ring substituents is 1. The van der Waals surface area contributed by atoms with Crippen LogP contribution in [0.2, 0.25) is 0 Å². The largest absolute Gasteiger partial charge is 0.375 e. The number of nitro groups is 1. The average molecular weight is 299 g/mol. The van der Waals surface area contributed by atoms with Gasteiger partial charge in [0.15, 0.2) is 0 Å². The highest BCUT2D eigenvalue weighted by molar-refractivity contribution is 7.11. The van der Waals surface area contributed by atoms with Gasteiger partial charge in [-0.15, -0.1) is 0 Å². The third kappa shape index (κ3) is 3.00. The minimum atomic E-state index is -0.383. The summed E-state index contributed by atoms with van der Waals surface area (Å²) in [6.07, 6.45) is 0.810. The molecule has 1 heterocycles. The van der Waals surface area contributed by atoms with E-state index in [4.69, 9.17) is 0 Å². The third-order valence-electron chi connectivity index (χ3n) is 3.23. The van der Waals surface area contributed by atoms with Gasteiger partial charge in [0.25, 0.3) is 5.69 Å². The van der Waals surface area contributed by atoms with E-state index < -0.39 is 0 Å². The molecule has 0 saturated heterocycles. The molecule has 0 saturated carbocycles. The van der Waals surface area contributed by atoms with Gasteiger partial charge in [-0.3, -0.25) is 10.1 Å². The fraction of sp³-hybridized carbons (Fsp3) is 0.133. The fourth-order valence-corrected chi connectivity index (χ4v) is 2.91. The number of nitrogens with zero attached hydrogens (tertiary/aromatic N) is 2.